The normalized spacial score (nSPS) is 21.4. The second-order valence-corrected chi connectivity index (χ2v) is 4.74. The Balaban J connectivity index is 2.26. The molecule has 1 fully saturated rings. The van der Waals surface area contributed by atoms with Crippen LogP contribution in [0.3, 0.4) is 0 Å². The molecular formula is C12H26N2. The summed E-state index contributed by atoms with van der Waals surface area (Å²) in [4.78, 5) is 2.58. The van der Waals surface area contributed by atoms with Gasteiger partial charge in [-0.05, 0) is 46.2 Å². The van der Waals surface area contributed by atoms with Gasteiger partial charge in [-0.25, -0.2) is 0 Å². The van der Waals surface area contributed by atoms with Crippen LogP contribution in [0, 0.1) is 0 Å². The summed E-state index contributed by atoms with van der Waals surface area (Å²) in [7, 11) is 2.29. The van der Waals surface area contributed by atoms with Gasteiger partial charge in [0.05, 0.1) is 0 Å². The third-order valence-corrected chi connectivity index (χ3v) is 3.67. The molecule has 0 aliphatic heterocycles. The summed E-state index contributed by atoms with van der Waals surface area (Å²) in [6, 6.07) is 1.55. The molecule has 1 aliphatic rings. The molecule has 1 rings (SSSR count). The lowest BCUT2D eigenvalue weighted by Gasteiger charge is -2.35. The molecule has 0 heterocycles. The zero-order chi connectivity index (χ0) is 10.4. The summed E-state index contributed by atoms with van der Waals surface area (Å²) in [5.74, 6) is 0. The number of hydrogen-bond acceptors (Lipinski definition) is 2. The molecule has 1 atom stereocenters. The van der Waals surface area contributed by atoms with E-state index in [9.17, 15) is 0 Å². The fraction of sp³-hybridized carbons (Fsp3) is 1.00. The summed E-state index contributed by atoms with van der Waals surface area (Å²) in [6.45, 7) is 3.17. The Morgan fingerprint density at radius 2 is 1.93 bits per heavy atom. The average molecular weight is 198 g/mol. The molecule has 84 valence electrons. The molecule has 0 spiro atoms. The van der Waals surface area contributed by atoms with E-state index in [1.807, 2.05) is 0 Å². The highest BCUT2D eigenvalue weighted by Gasteiger charge is 2.21. The highest BCUT2D eigenvalue weighted by Crippen LogP contribution is 2.23. The van der Waals surface area contributed by atoms with Crippen molar-refractivity contribution < 1.29 is 0 Å². The van der Waals surface area contributed by atoms with Crippen LogP contribution in [0.15, 0.2) is 0 Å². The minimum Gasteiger partial charge on any atom is -0.330 e. The van der Waals surface area contributed by atoms with Crippen molar-refractivity contribution in [2.45, 2.75) is 64.0 Å². The van der Waals surface area contributed by atoms with Crippen LogP contribution in [0.4, 0.5) is 0 Å². The van der Waals surface area contributed by atoms with E-state index in [0.29, 0.717) is 6.04 Å². The summed E-state index contributed by atoms with van der Waals surface area (Å²) < 4.78 is 0. The average Bonchev–Trinajstić information content (AvgIpc) is 2.26. The molecule has 0 aromatic heterocycles. The first kappa shape index (κ1) is 12.0. The van der Waals surface area contributed by atoms with Gasteiger partial charge in [0.1, 0.15) is 0 Å². The molecule has 0 saturated heterocycles. The third-order valence-electron chi connectivity index (χ3n) is 3.67. The maximum atomic E-state index is 5.54. The first-order valence-electron chi connectivity index (χ1n) is 6.17. The van der Waals surface area contributed by atoms with E-state index < -0.39 is 0 Å². The van der Waals surface area contributed by atoms with Crippen molar-refractivity contribution >= 4 is 0 Å². The van der Waals surface area contributed by atoms with E-state index in [0.717, 1.165) is 19.0 Å². The van der Waals surface area contributed by atoms with E-state index in [1.54, 1.807) is 0 Å². The van der Waals surface area contributed by atoms with Gasteiger partial charge in [-0.1, -0.05) is 19.3 Å². The molecule has 2 N–H and O–H groups in total. The van der Waals surface area contributed by atoms with Crippen LogP contribution in [-0.4, -0.2) is 30.6 Å². The first-order valence-corrected chi connectivity index (χ1v) is 6.17. The monoisotopic (exact) mass is 198 g/mol. The van der Waals surface area contributed by atoms with Gasteiger partial charge < -0.3 is 10.6 Å². The molecule has 0 bridgehead atoms. The first-order chi connectivity index (χ1) is 6.75. The number of hydrogen-bond donors (Lipinski definition) is 1. The lowest BCUT2D eigenvalue weighted by molar-refractivity contribution is 0.139. The van der Waals surface area contributed by atoms with Crippen LogP contribution in [0.25, 0.3) is 0 Å². The van der Waals surface area contributed by atoms with Gasteiger partial charge in [-0.2, -0.15) is 0 Å². The Hall–Kier alpha value is -0.0800. The van der Waals surface area contributed by atoms with Crippen LogP contribution >= 0.6 is 0 Å². The van der Waals surface area contributed by atoms with Crippen LogP contribution in [0.2, 0.25) is 0 Å². The Morgan fingerprint density at radius 1 is 1.29 bits per heavy atom. The summed E-state index contributed by atoms with van der Waals surface area (Å²) in [6.07, 6.45) is 9.54. The van der Waals surface area contributed by atoms with Crippen molar-refractivity contribution in [3.05, 3.63) is 0 Å². The van der Waals surface area contributed by atoms with Crippen molar-refractivity contribution in [1.29, 1.82) is 0 Å². The predicted molar refractivity (Wildman–Crippen MR) is 62.4 cm³/mol. The highest BCUT2D eigenvalue weighted by molar-refractivity contribution is 4.77. The Morgan fingerprint density at radius 3 is 2.50 bits per heavy atom. The topological polar surface area (TPSA) is 29.3 Å². The summed E-state index contributed by atoms with van der Waals surface area (Å²) in [5.41, 5.74) is 5.54. The van der Waals surface area contributed by atoms with Crippen LogP contribution in [0.5, 0.6) is 0 Å². The van der Waals surface area contributed by atoms with E-state index in [-0.39, 0.29) is 0 Å². The van der Waals surface area contributed by atoms with Gasteiger partial charge in [-0.15, -0.1) is 0 Å². The van der Waals surface area contributed by atoms with Gasteiger partial charge in [0.25, 0.3) is 0 Å². The SMILES string of the molecule is CC(CCCN)N(C)C1CCCCC1. The quantitative estimate of drug-likeness (QED) is 0.735. The van der Waals surface area contributed by atoms with E-state index >= 15 is 0 Å². The smallest absolute Gasteiger partial charge is 0.00950 e. The fourth-order valence-electron chi connectivity index (χ4n) is 2.47. The van der Waals surface area contributed by atoms with Gasteiger partial charge in [0.2, 0.25) is 0 Å². The maximum Gasteiger partial charge on any atom is 0.00950 e. The molecule has 2 nitrogen and oxygen atoms in total. The summed E-state index contributed by atoms with van der Waals surface area (Å²) >= 11 is 0. The molecule has 0 aromatic carbocycles. The zero-order valence-electron chi connectivity index (χ0n) is 9.84. The standard InChI is InChI=1S/C12H26N2/c1-11(7-6-10-13)14(2)12-8-4-3-5-9-12/h11-12H,3-10,13H2,1-2H3. The molecule has 1 saturated carbocycles. The molecule has 14 heavy (non-hydrogen) atoms. The molecule has 2 heteroatoms. The molecule has 0 radical (unpaired) electrons. The Bertz CT molecular complexity index is 141. The predicted octanol–water partition coefficient (Wildman–Crippen LogP) is 2.38. The third kappa shape index (κ3) is 3.58. The number of rotatable bonds is 5. The van der Waals surface area contributed by atoms with Crippen molar-refractivity contribution in [2.24, 2.45) is 5.73 Å². The minimum absolute atomic E-state index is 0.710. The molecular weight excluding hydrogens is 172 g/mol. The van der Waals surface area contributed by atoms with Crippen molar-refractivity contribution in [2.75, 3.05) is 13.6 Å². The second-order valence-electron chi connectivity index (χ2n) is 4.74. The fourth-order valence-corrected chi connectivity index (χ4v) is 2.47. The lowest BCUT2D eigenvalue weighted by atomic mass is 9.93. The number of nitrogens with zero attached hydrogens (tertiary/aromatic N) is 1. The van der Waals surface area contributed by atoms with Crippen LogP contribution < -0.4 is 5.73 Å². The van der Waals surface area contributed by atoms with E-state index in [2.05, 4.69) is 18.9 Å². The lowest BCUT2D eigenvalue weighted by Crippen LogP contribution is -2.39. The van der Waals surface area contributed by atoms with Gasteiger partial charge in [-0.3, -0.25) is 0 Å². The number of nitrogens with two attached hydrogens (primary N) is 1. The Kier molecular flexibility index (Phi) is 5.49. The summed E-state index contributed by atoms with van der Waals surface area (Å²) in [5, 5.41) is 0. The van der Waals surface area contributed by atoms with E-state index in [4.69, 9.17) is 5.73 Å². The zero-order valence-corrected chi connectivity index (χ0v) is 9.84. The molecule has 0 aromatic rings. The maximum absolute atomic E-state index is 5.54. The minimum atomic E-state index is 0.710. The van der Waals surface area contributed by atoms with Crippen LogP contribution in [0.1, 0.15) is 51.9 Å². The van der Waals surface area contributed by atoms with Crippen LogP contribution in [-0.2, 0) is 0 Å². The molecule has 0 amide bonds. The van der Waals surface area contributed by atoms with Crippen molar-refractivity contribution in [3.63, 3.8) is 0 Å². The van der Waals surface area contributed by atoms with Crippen molar-refractivity contribution in [3.8, 4) is 0 Å². The van der Waals surface area contributed by atoms with E-state index in [1.165, 1.54) is 38.5 Å². The second kappa shape index (κ2) is 6.41. The van der Waals surface area contributed by atoms with Gasteiger partial charge >= 0.3 is 0 Å². The highest BCUT2D eigenvalue weighted by atomic mass is 15.2. The van der Waals surface area contributed by atoms with Gasteiger partial charge in [0, 0.05) is 12.1 Å². The largest absolute Gasteiger partial charge is 0.330 e. The molecule has 1 aliphatic carbocycles. The van der Waals surface area contributed by atoms with Gasteiger partial charge in [0.15, 0.2) is 0 Å². The van der Waals surface area contributed by atoms with Crippen molar-refractivity contribution in [1.82, 2.24) is 4.90 Å². The molecule has 1 unspecified atom stereocenters. The Labute approximate surface area is 88.8 Å².